The van der Waals surface area contributed by atoms with E-state index in [0.29, 0.717) is 5.11 Å². The van der Waals surface area contributed by atoms with E-state index in [2.05, 4.69) is 34.0 Å². The zero-order valence-electron chi connectivity index (χ0n) is 13.9. The van der Waals surface area contributed by atoms with E-state index in [9.17, 15) is 0 Å². The standard InChI is InChI=1S/C21H16N4S/c26-21(23-15-8-2-1-3-9-15)25-22-14-20-18-12-5-4-10-16(18)17-11-6-7-13-19(17)24-20/h1-14H,(H2,23,25,26)/b22-14-. The maximum atomic E-state index is 5.27. The molecule has 0 aliphatic heterocycles. The van der Waals surface area contributed by atoms with Crippen LogP contribution in [0.2, 0.25) is 0 Å². The number of fused-ring (bicyclic) bond motifs is 3. The number of hydrogen-bond donors (Lipinski definition) is 2. The number of anilines is 1. The highest BCUT2D eigenvalue weighted by Gasteiger charge is 2.06. The lowest BCUT2D eigenvalue weighted by Crippen LogP contribution is -2.23. The SMILES string of the molecule is S=C(N/N=C\c1nc2ccccc2c2ccccc12)Nc1ccccc1. The summed E-state index contributed by atoms with van der Waals surface area (Å²) in [5.41, 5.74) is 5.50. The predicted octanol–water partition coefficient (Wildman–Crippen LogP) is 4.71. The first-order chi connectivity index (χ1) is 12.8. The van der Waals surface area contributed by atoms with Gasteiger partial charge in [0, 0.05) is 16.5 Å². The van der Waals surface area contributed by atoms with Gasteiger partial charge >= 0.3 is 0 Å². The number of hydrogen-bond acceptors (Lipinski definition) is 3. The molecule has 0 radical (unpaired) electrons. The van der Waals surface area contributed by atoms with Crippen LogP contribution in [0.15, 0.2) is 84.0 Å². The van der Waals surface area contributed by atoms with Crippen LogP contribution in [0.1, 0.15) is 5.69 Å². The summed E-state index contributed by atoms with van der Waals surface area (Å²) in [4.78, 5) is 4.73. The summed E-state index contributed by atoms with van der Waals surface area (Å²) in [7, 11) is 0. The molecule has 4 nitrogen and oxygen atoms in total. The predicted molar refractivity (Wildman–Crippen MR) is 113 cm³/mol. The number of aromatic nitrogens is 1. The first-order valence-corrected chi connectivity index (χ1v) is 8.65. The molecule has 0 spiro atoms. The van der Waals surface area contributed by atoms with E-state index < -0.39 is 0 Å². The monoisotopic (exact) mass is 356 g/mol. The summed E-state index contributed by atoms with van der Waals surface area (Å²) in [6.45, 7) is 0. The first-order valence-electron chi connectivity index (χ1n) is 8.24. The summed E-state index contributed by atoms with van der Waals surface area (Å²) >= 11 is 5.27. The molecule has 5 heteroatoms. The molecule has 0 aliphatic rings. The van der Waals surface area contributed by atoms with Gasteiger partial charge in [-0.2, -0.15) is 5.10 Å². The van der Waals surface area contributed by atoms with Crippen molar-refractivity contribution < 1.29 is 0 Å². The quantitative estimate of drug-likeness (QED) is 0.242. The fraction of sp³-hybridized carbons (Fsp3) is 0. The van der Waals surface area contributed by atoms with Crippen molar-refractivity contribution >= 4 is 50.9 Å². The van der Waals surface area contributed by atoms with E-state index in [1.807, 2.05) is 60.7 Å². The summed E-state index contributed by atoms with van der Waals surface area (Å²) < 4.78 is 0. The highest BCUT2D eigenvalue weighted by Crippen LogP contribution is 2.25. The van der Waals surface area contributed by atoms with E-state index >= 15 is 0 Å². The Labute approximate surface area is 156 Å². The number of pyridine rings is 1. The molecule has 0 amide bonds. The third kappa shape index (κ3) is 3.38. The summed E-state index contributed by atoms with van der Waals surface area (Å²) in [5.74, 6) is 0. The highest BCUT2D eigenvalue weighted by atomic mass is 32.1. The van der Waals surface area contributed by atoms with Gasteiger partial charge < -0.3 is 5.32 Å². The topological polar surface area (TPSA) is 49.3 Å². The number of thiocarbonyl (C=S) groups is 1. The lowest BCUT2D eigenvalue weighted by molar-refractivity contribution is 1.05. The Morgan fingerprint density at radius 1 is 0.808 bits per heavy atom. The van der Waals surface area contributed by atoms with Gasteiger partial charge in [-0.1, -0.05) is 60.7 Å². The third-order valence-electron chi connectivity index (χ3n) is 4.02. The van der Waals surface area contributed by atoms with Gasteiger partial charge in [0.05, 0.1) is 17.4 Å². The van der Waals surface area contributed by atoms with Crippen LogP contribution < -0.4 is 10.7 Å². The molecule has 0 unspecified atom stereocenters. The zero-order chi connectivity index (χ0) is 17.8. The smallest absolute Gasteiger partial charge is 0.191 e. The minimum absolute atomic E-state index is 0.428. The van der Waals surface area contributed by atoms with E-state index in [4.69, 9.17) is 17.2 Å². The van der Waals surface area contributed by atoms with Gasteiger partial charge in [-0.25, -0.2) is 4.98 Å². The molecule has 2 N–H and O–H groups in total. The molecule has 0 bridgehead atoms. The molecule has 0 saturated carbocycles. The Hall–Kier alpha value is -3.31. The second-order valence-corrected chi connectivity index (χ2v) is 6.16. The first kappa shape index (κ1) is 16.2. The van der Waals surface area contributed by atoms with Crippen molar-refractivity contribution in [3.8, 4) is 0 Å². The number of hydrazone groups is 1. The maximum absolute atomic E-state index is 5.27. The van der Waals surface area contributed by atoms with Crippen molar-refractivity contribution in [2.75, 3.05) is 5.32 Å². The largest absolute Gasteiger partial charge is 0.331 e. The molecule has 26 heavy (non-hydrogen) atoms. The van der Waals surface area contributed by atoms with Crippen LogP contribution in [0.4, 0.5) is 5.69 Å². The molecule has 0 fully saturated rings. The van der Waals surface area contributed by atoms with Crippen molar-refractivity contribution in [2.45, 2.75) is 0 Å². The Kier molecular flexibility index (Phi) is 4.53. The van der Waals surface area contributed by atoms with Crippen LogP contribution in [0.25, 0.3) is 21.7 Å². The second-order valence-electron chi connectivity index (χ2n) is 5.75. The van der Waals surface area contributed by atoms with Crippen LogP contribution in [-0.4, -0.2) is 16.3 Å². The number of rotatable bonds is 3. The Bertz CT molecular complexity index is 1110. The summed E-state index contributed by atoms with van der Waals surface area (Å²) in [5, 5.41) is 11.1. The number of nitrogens with zero attached hydrogens (tertiary/aromatic N) is 2. The number of benzene rings is 3. The van der Waals surface area contributed by atoms with Crippen molar-refractivity contribution in [3.05, 3.63) is 84.6 Å². The summed E-state index contributed by atoms with van der Waals surface area (Å²) in [6.07, 6.45) is 1.70. The van der Waals surface area contributed by atoms with Crippen molar-refractivity contribution in [1.82, 2.24) is 10.4 Å². The average molecular weight is 356 g/mol. The van der Waals surface area contributed by atoms with E-state index in [-0.39, 0.29) is 0 Å². The van der Waals surface area contributed by atoms with Gasteiger partial charge in [0.2, 0.25) is 0 Å². The maximum Gasteiger partial charge on any atom is 0.191 e. The van der Waals surface area contributed by atoms with Gasteiger partial charge in [-0.05, 0) is 35.8 Å². The van der Waals surface area contributed by atoms with Gasteiger partial charge in [-0.15, -0.1) is 0 Å². The molecule has 1 heterocycles. The minimum atomic E-state index is 0.428. The molecule has 126 valence electrons. The van der Waals surface area contributed by atoms with E-state index in [1.54, 1.807) is 6.21 Å². The molecule has 4 aromatic rings. The van der Waals surface area contributed by atoms with Gasteiger partial charge in [0.25, 0.3) is 0 Å². The van der Waals surface area contributed by atoms with Crippen LogP contribution in [0.5, 0.6) is 0 Å². The number of para-hydroxylation sites is 2. The fourth-order valence-electron chi connectivity index (χ4n) is 2.86. The minimum Gasteiger partial charge on any atom is -0.331 e. The molecule has 0 aliphatic carbocycles. The van der Waals surface area contributed by atoms with E-state index in [1.165, 1.54) is 0 Å². The second kappa shape index (κ2) is 7.29. The Morgan fingerprint density at radius 3 is 2.27 bits per heavy atom. The van der Waals surface area contributed by atoms with Crippen LogP contribution in [0.3, 0.4) is 0 Å². The van der Waals surface area contributed by atoms with E-state index in [0.717, 1.165) is 33.1 Å². The van der Waals surface area contributed by atoms with Gasteiger partial charge in [-0.3, -0.25) is 5.43 Å². The normalized spacial score (nSPS) is 11.1. The molecule has 4 rings (SSSR count). The van der Waals surface area contributed by atoms with Gasteiger partial charge in [0.1, 0.15) is 0 Å². The lowest BCUT2D eigenvalue weighted by Gasteiger charge is -2.08. The van der Waals surface area contributed by atoms with Crippen molar-refractivity contribution in [2.24, 2.45) is 5.10 Å². The molecular weight excluding hydrogens is 340 g/mol. The van der Waals surface area contributed by atoms with Crippen molar-refractivity contribution in [3.63, 3.8) is 0 Å². The van der Waals surface area contributed by atoms with Crippen LogP contribution >= 0.6 is 12.2 Å². The average Bonchev–Trinajstić information content (AvgIpc) is 2.69. The Balaban J connectivity index is 1.60. The summed E-state index contributed by atoms with van der Waals surface area (Å²) in [6, 6.07) is 26.0. The molecular formula is C21H16N4S. The zero-order valence-corrected chi connectivity index (χ0v) is 14.7. The highest BCUT2D eigenvalue weighted by molar-refractivity contribution is 7.80. The van der Waals surface area contributed by atoms with Crippen LogP contribution in [-0.2, 0) is 0 Å². The fourth-order valence-corrected chi connectivity index (χ4v) is 3.03. The molecule has 3 aromatic carbocycles. The Morgan fingerprint density at radius 2 is 1.46 bits per heavy atom. The van der Waals surface area contributed by atoms with Crippen molar-refractivity contribution in [1.29, 1.82) is 0 Å². The lowest BCUT2D eigenvalue weighted by atomic mass is 10.0. The third-order valence-corrected chi connectivity index (χ3v) is 4.22. The number of nitrogens with one attached hydrogen (secondary N) is 2. The van der Waals surface area contributed by atoms with Crippen LogP contribution in [0, 0.1) is 0 Å². The molecule has 1 aromatic heterocycles. The molecule has 0 saturated heterocycles. The van der Waals surface area contributed by atoms with Gasteiger partial charge in [0.15, 0.2) is 5.11 Å². The molecule has 0 atom stereocenters.